The number of hydrogen-bond donors (Lipinski definition) is 8. The topological polar surface area (TPSA) is 171 Å². The molecule has 0 aromatic carbocycles. The van der Waals surface area contributed by atoms with Crippen LogP contribution in [-0.4, -0.2) is 103 Å². The first-order valence-electron chi connectivity index (χ1n) is 7.77. The minimum absolute atomic E-state index is 0.0571. The van der Waals surface area contributed by atoms with E-state index in [1.54, 1.807) is 0 Å². The first-order chi connectivity index (χ1) is 10.8. The van der Waals surface area contributed by atoms with Crippen molar-refractivity contribution in [3.63, 3.8) is 0 Å². The molecule has 2 aliphatic rings. The second-order valence-corrected chi connectivity index (χ2v) is 6.51. The minimum Gasteiger partial charge on any atom is -0.396 e. The molecule has 0 saturated heterocycles. The highest BCUT2D eigenvalue weighted by Crippen LogP contribution is 2.33. The van der Waals surface area contributed by atoms with Crippen molar-refractivity contribution in [2.75, 3.05) is 13.2 Å². The zero-order chi connectivity index (χ0) is 17.3. The second kappa shape index (κ2) is 7.68. The summed E-state index contributed by atoms with van der Waals surface area (Å²) in [4.78, 5) is 0. The van der Waals surface area contributed by atoms with E-state index in [0.717, 1.165) is 0 Å². The van der Waals surface area contributed by atoms with E-state index in [9.17, 15) is 40.9 Å². The molecule has 23 heavy (non-hydrogen) atoms. The van der Waals surface area contributed by atoms with Crippen LogP contribution in [0, 0.1) is 11.8 Å². The lowest BCUT2D eigenvalue weighted by Gasteiger charge is -2.45. The Morgan fingerprint density at radius 3 is 1.22 bits per heavy atom. The van der Waals surface area contributed by atoms with E-state index in [1.165, 1.54) is 0 Å². The molecule has 2 saturated carbocycles. The molecule has 8 N–H and O–H groups in total. The van der Waals surface area contributed by atoms with Crippen LogP contribution in [-0.2, 0) is 4.74 Å². The highest BCUT2D eigenvalue weighted by atomic mass is 16.5. The second-order valence-electron chi connectivity index (χ2n) is 6.51. The molecule has 0 spiro atoms. The molecule has 0 heterocycles. The quantitative estimate of drug-likeness (QED) is 0.254. The van der Waals surface area contributed by atoms with E-state index < -0.39 is 73.9 Å². The molecule has 0 aromatic rings. The minimum atomic E-state index is -1.50. The van der Waals surface area contributed by atoms with Gasteiger partial charge in [0.25, 0.3) is 0 Å². The van der Waals surface area contributed by atoms with Crippen LogP contribution in [0.4, 0.5) is 0 Å². The monoisotopic (exact) mass is 338 g/mol. The molecule has 0 bridgehead atoms. The van der Waals surface area contributed by atoms with Gasteiger partial charge in [0.05, 0.1) is 24.4 Å². The summed E-state index contributed by atoms with van der Waals surface area (Å²) in [6, 6.07) is 0. The Morgan fingerprint density at radius 1 is 0.565 bits per heavy atom. The van der Waals surface area contributed by atoms with Gasteiger partial charge in [-0.2, -0.15) is 0 Å². The summed E-state index contributed by atoms with van der Waals surface area (Å²) in [6.45, 7) is -0.808. The normalized spacial score (nSPS) is 51.7. The molecule has 5 unspecified atom stereocenters. The molecule has 0 radical (unpaired) electrons. The maximum Gasteiger partial charge on any atom is 0.109 e. The largest absolute Gasteiger partial charge is 0.396 e. The number of rotatable bonds is 4. The van der Waals surface area contributed by atoms with Crippen LogP contribution in [0.1, 0.15) is 12.8 Å². The van der Waals surface area contributed by atoms with Crippen molar-refractivity contribution in [1.29, 1.82) is 0 Å². The highest BCUT2D eigenvalue weighted by molar-refractivity contribution is 4.97. The lowest BCUT2D eigenvalue weighted by Crippen LogP contribution is -2.59. The number of ether oxygens (including phenoxy) is 1. The van der Waals surface area contributed by atoms with Gasteiger partial charge in [-0.15, -0.1) is 0 Å². The van der Waals surface area contributed by atoms with E-state index in [0.29, 0.717) is 0 Å². The Hall–Kier alpha value is -0.360. The standard InChI is InChI=1S/C14H26O9/c15-3-5-1-7(11(19)13(21)9(5)17)23-8-2-6(4-16)10(18)14(22)12(8)20/h5-22H,1-4H2/t5?,6?,7-,8+,9-,10-,11?,12?,13+,14?/m1/s1. The smallest absolute Gasteiger partial charge is 0.109 e. The van der Waals surface area contributed by atoms with Gasteiger partial charge in [0.2, 0.25) is 0 Å². The lowest BCUT2D eigenvalue weighted by molar-refractivity contribution is -0.231. The molecule has 0 aromatic heterocycles. The van der Waals surface area contributed by atoms with Gasteiger partial charge in [0, 0.05) is 25.0 Å². The fraction of sp³-hybridized carbons (Fsp3) is 1.00. The summed E-state index contributed by atoms with van der Waals surface area (Å²) in [5.74, 6) is -1.38. The fourth-order valence-electron chi connectivity index (χ4n) is 3.42. The average molecular weight is 338 g/mol. The van der Waals surface area contributed by atoms with Crippen molar-refractivity contribution in [3.05, 3.63) is 0 Å². The molecular weight excluding hydrogens is 312 g/mol. The number of aliphatic hydroxyl groups is 8. The van der Waals surface area contributed by atoms with E-state index in [-0.39, 0.29) is 12.8 Å². The highest BCUT2D eigenvalue weighted by Gasteiger charge is 2.48. The summed E-state index contributed by atoms with van der Waals surface area (Å²) >= 11 is 0. The molecule has 9 nitrogen and oxygen atoms in total. The zero-order valence-electron chi connectivity index (χ0n) is 12.6. The van der Waals surface area contributed by atoms with Crippen molar-refractivity contribution >= 4 is 0 Å². The zero-order valence-corrected chi connectivity index (χ0v) is 12.6. The summed E-state index contributed by atoms with van der Waals surface area (Å²) in [7, 11) is 0. The van der Waals surface area contributed by atoms with Gasteiger partial charge in [0.1, 0.15) is 24.4 Å². The molecular formula is C14H26O9. The van der Waals surface area contributed by atoms with Crippen molar-refractivity contribution in [3.8, 4) is 0 Å². The van der Waals surface area contributed by atoms with Crippen LogP contribution in [0.25, 0.3) is 0 Å². The maximum absolute atomic E-state index is 10.0. The maximum atomic E-state index is 10.0. The third-order valence-corrected chi connectivity index (χ3v) is 5.02. The Balaban J connectivity index is 2.07. The van der Waals surface area contributed by atoms with Crippen LogP contribution >= 0.6 is 0 Å². The SMILES string of the molecule is OCC1C[C@H](O[C@@H]2CC(CO)[C@@H](O)[C@H](O)C2O)C(O)C(O)[C@@H]1O. The Morgan fingerprint density at radius 2 is 0.913 bits per heavy atom. The molecule has 0 aliphatic heterocycles. The van der Waals surface area contributed by atoms with Crippen molar-refractivity contribution < 1.29 is 45.6 Å². The van der Waals surface area contributed by atoms with E-state index >= 15 is 0 Å². The molecule has 136 valence electrons. The van der Waals surface area contributed by atoms with Crippen LogP contribution in [0.5, 0.6) is 0 Å². The summed E-state index contributed by atoms with van der Waals surface area (Å²) in [6.07, 6.45) is -10.2. The predicted octanol–water partition coefficient (Wildman–Crippen LogP) is -4.07. The Bertz CT molecular complexity index is 343. The van der Waals surface area contributed by atoms with Crippen LogP contribution in [0.3, 0.4) is 0 Å². The van der Waals surface area contributed by atoms with Crippen LogP contribution in [0.2, 0.25) is 0 Å². The molecule has 2 rings (SSSR count). The summed E-state index contributed by atoms with van der Waals surface area (Å²) in [5.41, 5.74) is 0. The third-order valence-electron chi connectivity index (χ3n) is 5.02. The number of hydrogen-bond acceptors (Lipinski definition) is 9. The Kier molecular flexibility index (Phi) is 6.34. The van der Waals surface area contributed by atoms with E-state index in [4.69, 9.17) is 4.74 Å². The van der Waals surface area contributed by atoms with E-state index in [1.807, 2.05) is 0 Å². The van der Waals surface area contributed by atoms with Crippen molar-refractivity contribution in [1.82, 2.24) is 0 Å². The van der Waals surface area contributed by atoms with Crippen LogP contribution in [0.15, 0.2) is 0 Å². The summed E-state index contributed by atoms with van der Waals surface area (Å²) < 4.78 is 5.59. The van der Waals surface area contributed by atoms with Gasteiger partial charge < -0.3 is 45.6 Å². The van der Waals surface area contributed by atoms with Crippen molar-refractivity contribution in [2.45, 2.75) is 61.7 Å². The van der Waals surface area contributed by atoms with Gasteiger partial charge >= 0.3 is 0 Å². The third kappa shape index (κ3) is 3.68. The first kappa shape index (κ1) is 19.0. The van der Waals surface area contributed by atoms with Gasteiger partial charge in [-0.3, -0.25) is 0 Å². The number of aliphatic hydroxyl groups excluding tert-OH is 8. The van der Waals surface area contributed by atoms with Gasteiger partial charge in [-0.05, 0) is 12.8 Å². The van der Waals surface area contributed by atoms with E-state index in [2.05, 4.69) is 0 Å². The van der Waals surface area contributed by atoms with Gasteiger partial charge in [-0.25, -0.2) is 0 Å². The first-order valence-corrected chi connectivity index (χ1v) is 7.77. The van der Waals surface area contributed by atoms with Crippen LogP contribution < -0.4 is 0 Å². The van der Waals surface area contributed by atoms with Crippen molar-refractivity contribution in [2.24, 2.45) is 11.8 Å². The fourth-order valence-corrected chi connectivity index (χ4v) is 3.42. The predicted molar refractivity (Wildman–Crippen MR) is 75.1 cm³/mol. The molecule has 2 aliphatic carbocycles. The average Bonchev–Trinajstić information content (AvgIpc) is 2.55. The summed E-state index contributed by atoms with van der Waals surface area (Å²) in [5, 5.41) is 77.7. The van der Waals surface area contributed by atoms with Gasteiger partial charge in [-0.1, -0.05) is 0 Å². The molecule has 0 amide bonds. The Labute approximate surface area is 133 Å². The molecule has 10 atom stereocenters. The lowest BCUT2D eigenvalue weighted by atomic mass is 9.79. The molecule has 2 fully saturated rings. The van der Waals surface area contributed by atoms with Gasteiger partial charge in [0.15, 0.2) is 0 Å². The molecule has 9 heteroatoms.